The standard InChI is InChI=1S/C8H13NO2/c1-5-6(2)9(4)7(3)8(10)11/h5H,3H2,1-2,4H3,(H,10,11)/b6-5-. The first-order valence-corrected chi connectivity index (χ1v) is 3.29. The molecule has 0 aliphatic carbocycles. The van der Waals surface area contributed by atoms with Gasteiger partial charge in [0.15, 0.2) is 0 Å². The predicted molar refractivity (Wildman–Crippen MR) is 44.0 cm³/mol. The van der Waals surface area contributed by atoms with Crippen LogP contribution in [0, 0.1) is 0 Å². The molecule has 0 fully saturated rings. The normalized spacial score (nSPS) is 11.0. The zero-order valence-corrected chi connectivity index (χ0v) is 7.09. The molecule has 0 spiro atoms. The summed E-state index contributed by atoms with van der Waals surface area (Å²) in [6.07, 6.45) is 1.83. The summed E-state index contributed by atoms with van der Waals surface area (Å²) in [6, 6.07) is 0. The zero-order chi connectivity index (χ0) is 9.02. The van der Waals surface area contributed by atoms with Gasteiger partial charge in [0.1, 0.15) is 5.70 Å². The van der Waals surface area contributed by atoms with Crippen molar-refractivity contribution in [1.29, 1.82) is 0 Å². The molecule has 0 amide bonds. The van der Waals surface area contributed by atoms with Gasteiger partial charge in [-0.3, -0.25) is 0 Å². The smallest absolute Gasteiger partial charge is 0.351 e. The van der Waals surface area contributed by atoms with Crippen LogP contribution in [-0.4, -0.2) is 23.0 Å². The van der Waals surface area contributed by atoms with E-state index < -0.39 is 5.97 Å². The average molecular weight is 155 g/mol. The summed E-state index contributed by atoms with van der Waals surface area (Å²) in [6.45, 7) is 7.08. The van der Waals surface area contributed by atoms with Crippen LogP contribution in [0.15, 0.2) is 24.0 Å². The van der Waals surface area contributed by atoms with Crippen LogP contribution in [0.25, 0.3) is 0 Å². The molecule has 0 bridgehead atoms. The highest BCUT2D eigenvalue weighted by molar-refractivity contribution is 5.85. The molecule has 0 aliphatic heterocycles. The molecule has 0 aliphatic rings. The van der Waals surface area contributed by atoms with E-state index in [9.17, 15) is 4.79 Å². The van der Waals surface area contributed by atoms with Crippen molar-refractivity contribution in [1.82, 2.24) is 4.90 Å². The third kappa shape index (κ3) is 2.45. The van der Waals surface area contributed by atoms with Crippen molar-refractivity contribution in [2.45, 2.75) is 13.8 Å². The number of carboxylic acids is 1. The van der Waals surface area contributed by atoms with Gasteiger partial charge in [-0.1, -0.05) is 12.7 Å². The molecule has 0 atom stereocenters. The second kappa shape index (κ2) is 3.81. The third-order valence-corrected chi connectivity index (χ3v) is 1.60. The van der Waals surface area contributed by atoms with Gasteiger partial charge in [0.2, 0.25) is 0 Å². The quantitative estimate of drug-likeness (QED) is 0.627. The molecular formula is C8H13NO2. The molecule has 0 heterocycles. The molecular weight excluding hydrogens is 142 g/mol. The van der Waals surface area contributed by atoms with E-state index in [1.54, 1.807) is 7.05 Å². The summed E-state index contributed by atoms with van der Waals surface area (Å²) >= 11 is 0. The van der Waals surface area contributed by atoms with E-state index in [2.05, 4.69) is 6.58 Å². The molecule has 0 rings (SSSR count). The Kier molecular flexibility index (Phi) is 3.37. The minimum atomic E-state index is -0.992. The summed E-state index contributed by atoms with van der Waals surface area (Å²) in [5.41, 5.74) is 0.956. The van der Waals surface area contributed by atoms with Crippen molar-refractivity contribution in [3.63, 3.8) is 0 Å². The largest absolute Gasteiger partial charge is 0.477 e. The highest BCUT2D eigenvalue weighted by Crippen LogP contribution is 2.06. The van der Waals surface area contributed by atoms with Gasteiger partial charge < -0.3 is 10.0 Å². The number of rotatable bonds is 3. The Morgan fingerprint density at radius 2 is 2.09 bits per heavy atom. The molecule has 3 heteroatoms. The van der Waals surface area contributed by atoms with Gasteiger partial charge in [0.25, 0.3) is 0 Å². The minimum absolute atomic E-state index is 0.0839. The van der Waals surface area contributed by atoms with Gasteiger partial charge in [-0.15, -0.1) is 0 Å². The Labute approximate surface area is 66.6 Å². The summed E-state index contributed by atoms with van der Waals surface area (Å²) in [5, 5.41) is 8.53. The van der Waals surface area contributed by atoms with Crippen LogP contribution in [-0.2, 0) is 4.79 Å². The Morgan fingerprint density at radius 1 is 1.64 bits per heavy atom. The predicted octanol–water partition coefficient (Wildman–Crippen LogP) is 1.44. The monoisotopic (exact) mass is 155 g/mol. The molecule has 62 valence electrons. The number of hydrogen-bond donors (Lipinski definition) is 1. The van der Waals surface area contributed by atoms with E-state index in [0.29, 0.717) is 0 Å². The van der Waals surface area contributed by atoms with Crippen LogP contribution >= 0.6 is 0 Å². The van der Waals surface area contributed by atoms with Crippen molar-refractivity contribution >= 4 is 5.97 Å². The Morgan fingerprint density at radius 3 is 2.36 bits per heavy atom. The van der Waals surface area contributed by atoms with Gasteiger partial charge in [-0.25, -0.2) is 4.79 Å². The van der Waals surface area contributed by atoms with Crippen LogP contribution in [0.2, 0.25) is 0 Å². The maximum atomic E-state index is 10.4. The fourth-order valence-electron chi connectivity index (χ4n) is 0.550. The second-order valence-electron chi connectivity index (χ2n) is 2.24. The second-order valence-corrected chi connectivity index (χ2v) is 2.24. The molecule has 0 unspecified atom stereocenters. The first-order chi connectivity index (χ1) is 5.00. The lowest BCUT2D eigenvalue weighted by molar-refractivity contribution is -0.134. The van der Waals surface area contributed by atoms with Gasteiger partial charge in [-0.2, -0.15) is 0 Å². The first-order valence-electron chi connectivity index (χ1n) is 3.29. The molecule has 11 heavy (non-hydrogen) atoms. The molecule has 0 radical (unpaired) electrons. The fraction of sp³-hybridized carbons (Fsp3) is 0.375. The lowest BCUT2D eigenvalue weighted by Gasteiger charge is -2.18. The molecule has 0 aromatic rings. The fourth-order valence-corrected chi connectivity index (χ4v) is 0.550. The van der Waals surface area contributed by atoms with E-state index in [0.717, 1.165) is 5.70 Å². The van der Waals surface area contributed by atoms with Crippen molar-refractivity contribution < 1.29 is 9.90 Å². The van der Waals surface area contributed by atoms with Crippen LogP contribution in [0.3, 0.4) is 0 Å². The maximum absolute atomic E-state index is 10.4. The lowest BCUT2D eigenvalue weighted by atomic mass is 10.3. The highest BCUT2D eigenvalue weighted by atomic mass is 16.4. The van der Waals surface area contributed by atoms with Crippen molar-refractivity contribution in [2.75, 3.05) is 7.05 Å². The van der Waals surface area contributed by atoms with E-state index in [1.807, 2.05) is 19.9 Å². The van der Waals surface area contributed by atoms with Crippen LogP contribution in [0.5, 0.6) is 0 Å². The molecule has 1 N–H and O–H groups in total. The number of hydrogen-bond acceptors (Lipinski definition) is 2. The Hall–Kier alpha value is -1.25. The van der Waals surface area contributed by atoms with Crippen molar-refractivity contribution in [3.8, 4) is 0 Å². The number of nitrogens with zero attached hydrogens (tertiary/aromatic N) is 1. The lowest BCUT2D eigenvalue weighted by Crippen LogP contribution is -2.20. The van der Waals surface area contributed by atoms with Crippen LogP contribution < -0.4 is 0 Å². The maximum Gasteiger partial charge on any atom is 0.351 e. The third-order valence-electron chi connectivity index (χ3n) is 1.60. The van der Waals surface area contributed by atoms with Crippen molar-refractivity contribution in [3.05, 3.63) is 24.0 Å². The average Bonchev–Trinajstić information content (AvgIpc) is 2.00. The summed E-state index contributed by atoms with van der Waals surface area (Å²) in [4.78, 5) is 11.9. The van der Waals surface area contributed by atoms with E-state index >= 15 is 0 Å². The first kappa shape index (κ1) is 9.75. The Bertz CT molecular complexity index is 206. The number of carboxylic acid groups (broad SMARTS) is 1. The summed E-state index contributed by atoms with van der Waals surface area (Å²) in [5.74, 6) is -0.992. The van der Waals surface area contributed by atoms with Gasteiger partial charge in [0.05, 0.1) is 0 Å². The highest BCUT2D eigenvalue weighted by Gasteiger charge is 2.09. The summed E-state index contributed by atoms with van der Waals surface area (Å²) in [7, 11) is 1.67. The molecule has 0 aromatic carbocycles. The SMILES string of the molecule is C=C(C(=O)O)N(C)/C(C)=C\C. The molecule has 0 aromatic heterocycles. The van der Waals surface area contributed by atoms with E-state index in [1.165, 1.54) is 4.90 Å². The number of likely N-dealkylation sites (N-methyl/N-ethyl adjacent to an activating group) is 1. The zero-order valence-electron chi connectivity index (χ0n) is 7.09. The Balaban J connectivity index is 4.38. The van der Waals surface area contributed by atoms with Crippen molar-refractivity contribution in [2.24, 2.45) is 0 Å². The number of aliphatic carboxylic acids is 1. The van der Waals surface area contributed by atoms with Crippen LogP contribution in [0.4, 0.5) is 0 Å². The van der Waals surface area contributed by atoms with E-state index in [-0.39, 0.29) is 5.70 Å². The van der Waals surface area contributed by atoms with Gasteiger partial charge in [-0.05, 0) is 13.8 Å². The van der Waals surface area contributed by atoms with Crippen LogP contribution in [0.1, 0.15) is 13.8 Å². The number of allylic oxidation sites excluding steroid dienone is 2. The topological polar surface area (TPSA) is 40.5 Å². The van der Waals surface area contributed by atoms with Gasteiger partial charge in [0, 0.05) is 12.7 Å². The summed E-state index contributed by atoms with van der Waals surface area (Å²) < 4.78 is 0. The van der Waals surface area contributed by atoms with E-state index in [4.69, 9.17) is 5.11 Å². The minimum Gasteiger partial charge on any atom is -0.477 e. The molecule has 0 saturated heterocycles. The number of carbonyl (C=O) groups is 1. The molecule has 0 saturated carbocycles. The molecule has 3 nitrogen and oxygen atoms in total. The van der Waals surface area contributed by atoms with Gasteiger partial charge >= 0.3 is 5.97 Å².